The molecule has 3 rings (SSSR count). The first-order chi connectivity index (χ1) is 11.6. The van der Waals surface area contributed by atoms with Crippen LogP contribution in [-0.2, 0) is 0 Å². The summed E-state index contributed by atoms with van der Waals surface area (Å²) in [6.07, 6.45) is 0. The number of amides is 1. The summed E-state index contributed by atoms with van der Waals surface area (Å²) < 4.78 is 5.14. The number of phenols is 1. The minimum atomic E-state index is -0.157. The van der Waals surface area contributed by atoms with E-state index in [1.807, 2.05) is 0 Å². The van der Waals surface area contributed by atoms with Crippen molar-refractivity contribution in [3.05, 3.63) is 53.6 Å². The third-order valence-electron chi connectivity index (χ3n) is 4.37. The number of nitrogens with zero attached hydrogens (tertiary/aromatic N) is 2. The molecule has 0 atom stereocenters. The van der Waals surface area contributed by atoms with E-state index >= 15 is 0 Å². The summed E-state index contributed by atoms with van der Waals surface area (Å²) in [7, 11) is 1.54. The van der Waals surface area contributed by atoms with Crippen LogP contribution in [0.2, 0.25) is 0 Å². The average molecular weight is 326 g/mol. The van der Waals surface area contributed by atoms with Gasteiger partial charge in [0, 0.05) is 31.9 Å². The zero-order valence-corrected chi connectivity index (χ0v) is 14.0. The van der Waals surface area contributed by atoms with Crippen molar-refractivity contribution in [3.63, 3.8) is 0 Å². The Hall–Kier alpha value is -2.69. The molecule has 1 saturated heterocycles. The maximum atomic E-state index is 12.7. The first kappa shape index (κ1) is 16.2. The van der Waals surface area contributed by atoms with Gasteiger partial charge in [0.05, 0.1) is 12.7 Å². The van der Waals surface area contributed by atoms with Gasteiger partial charge in [-0.15, -0.1) is 0 Å². The lowest BCUT2D eigenvalue weighted by Crippen LogP contribution is -2.48. The predicted molar refractivity (Wildman–Crippen MR) is 94.0 cm³/mol. The molecule has 0 bridgehead atoms. The van der Waals surface area contributed by atoms with E-state index in [-0.39, 0.29) is 11.7 Å². The molecule has 1 aliphatic heterocycles. The quantitative estimate of drug-likeness (QED) is 0.942. The fraction of sp³-hybridized carbons (Fsp3) is 0.316. The molecule has 1 heterocycles. The van der Waals surface area contributed by atoms with Crippen LogP contribution in [0.4, 0.5) is 5.69 Å². The summed E-state index contributed by atoms with van der Waals surface area (Å²) >= 11 is 0. The fourth-order valence-electron chi connectivity index (χ4n) is 2.98. The van der Waals surface area contributed by atoms with Gasteiger partial charge < -0.3 is 19.6 Å². The van der Waals surface area contributed by atoms with E-state index in [4.69, 9.17) is 4.74 Å². The molecule has 0 unspecified atom stereocenters. The first-order valence-electron chi connectivity index (χ1n) is 8.06. The number of aromatic hydroxyl groups is 1. The van der Waals surface area contributed by atoms with Gasteiger partial charge in [0.15, 0.2) is 0 Å². The van der Waals surface area contributed by atoms with E-state index in [1.54, 1.807) is 24.1 Å². The van der Waals surface area contributed by atoms with Crippen LogP contribution in [0.1, 0.15) is 15.9 Å². The number of carbonyl (C=O) groups is 1. The van der Waals surface area contributed by atoms with Gasteiger partial charge in [0.1, 0.15) is 11.5 Å². The van der Waals surface area contributed by atoms with Crippen molar-refractivity contribution in [1.82, 2.24) is 4.90 Å². The molecule has 0 aromatic heterocycles. The maximum Gasteiger partial charge on any atom is 0.257 e. The third-order valence-corrected chi connectivity index (χ3v) is 4.37. The van der Waals surface area contributed by atoms with Crippen LogP contribution in [0.15, 0.2) is 42.5 Å². The number of piperazine rings is 1. The Labute approximate surface area is 142 Å². The van der Waals surface area contributed by atoms with Crippen molar-refractivity contribution in [2.45, 2.75) is 6.92 Å². The molecule has 126 valence electrons. The van der Waals surface area contributed by atoms with Gasteiger partial charge in [-0.1, -0.05) is 12.1 Å². The van der Waals surface area contributed by atoms with E-state index in [9.17, 15) is 9.90 Å². The van der Waals surface area contributed by atoms with Crippen LogP contribution in [0, 0.1) is 6.92 Å². The number of carbonyl (C=O) groups excluding carboxylic acids is 1. The fourth-order valence-corrected chi connectivity index (χ4v) is 2.98. The Morgan fingerprint density at radius 3 is 2.50 bits per heavy atom. The van der Waals surface area contributed by atoms with E-state index in [1.165, 1.54) is 17.3 Å². The molecule has 2 aromatic rings. The van der Waals surface area contributed by atoms with Crippen LogP contribution in [0.25, 0.3) is 0 Å². The Kier molecular flexibility index (Phi) is 4.60. The van der Waals surface area contributed by atoms with Crippen LogP contribution >= 0.6 is 0 Å². The highest BCUT2D eigenvalue weighted by atomic mass is 16.5. The largest absolute Gasteiger partial charge is 0.507 e. The monoisotopic (exact) mass is 326 g/mol. The Morgan fingerprint density at radius 2 is 1.83 bits per heavy atom. The molecule has 2 aromatic carbocycles. The Morgan fingerprint density at radius 1 is 1.08 bits per heavy atom. The number of aryl methyl sites for hydroxylation is 1. The molecule has 0 radical (unpaired) electrons. The maximum absolute atomic E-state index is 12.7. The highest BCUT2D eigenvalue weighted by Crippen LogP contribution is 2.25. The molecule has 1 fully saturated rings. The van der Waals surface area contributed by atoms with E-state index in [0.29, 0.717) is 24.4 Å². The van der Waals surface area contributed by atoms with E-state index in [0.717, 1.165) is 13.1 Å². The second-order valence-corrected chi connectivity index (χ2v) is 6.00. The Bertz CT molecular complexity index is 737. The molecule has 0 saturated carbocycles. The number of hydrogen-bond donors (Lipinski definition) is 1. The van der Waals surface area contributed by atoms with Crippen molar-refractivity contribution in [3.8, 4) is 11.5 Å². The lowest BCUT2D eigenvalue weighted by Gasteiger charge is -2.36. The molecular weight excluding hydrogens is 304 g/mol. The lowest BCUT2D eigenvalue weighted by molar-refractivity contribution is 0.0743. The summed E-state index contributed by atoms with van der Waals surface area (Å²) in [4.78, 5) is 16.7. The molecule has 5 heteroatoms. The Balaban J connectivity index is 1.69. The van der Waals surface area contributed by atoms with Gasteiger partial charge in [-0.05, 0) is 42.8 Å². The number of hydrogen-bond acceptors (Lipinski definition) is 4. The van der Waals surface area contributed by atoms with Crippen molar-refractivity contribution < 1.29 is 14.6 Å². The van der Waals surface area contributed by atoms with Gasteiger partial charge in [-0.3, -0.25) is 4.79 Å². The molecule has 1 amide bonds. The number of methoxy groups -OCH3 is 1. The van der Waals surface area contributed by atoms with Crippen molar-refractivity contribution in [1.29, 1.82) is 0 Å². The zero-order valence-electron chi connectivity index (χ0n) is 14.0. The number of benzene rings is 2. The smallest absolute Gasteiger partial charge is 0.257 e. The topological polar surface area (TPSA) is 53.0 Å². The molecular formula is C19H22N2O3. The van der Waals surface area contributed by atoms with Crippen molar-refractivity contribution >= 4 is 11.6 Å². The summed E-state index contributed by atoms with van der Waals surface area (Å²) in [5.41, 5.74) is 2.71. The number of ether oxygens (including phenoxy) is 1. The summed E-state index contributed by atoms with van der Waals surface area (Å²) in [5.74, 6) is 0.395. The van der Waals surface area contributed by atoms with Crippen LogP contribution < -0.4 is 9.64 Å². The van der Waals surface area contributed by atoms with Gasteiger partial charge in [-0.25, -0.2) is 0 Å². The minimum Gasteiger partial charge on any atom is -0.507 e. The first-order valence-corrected chi connectivity index (χ1v) is 8.06. The second-order valence-electron chi connectivity index (χ2n) is 6.00. The highest BCUT2D eigenvalue weighted by Gasteiger charge is 2.24. The SMILES string of the molecule is COc1ccc(O)c(C(=O)N2CCN(c3cccc(C)c3)CC2)c1. The van der Waals surface area contributed by atoms with Gasteiger partial charge in [0.2, 0.25) is 0 Å². The molecule has 5 nitrogen and oxygen atoms in total. The standard InChI is InChI=1S/C19H22N2O3/c1-14-4-3-5-15(12-14)20-8-10-21(11-9-20)19(23)17-13-16(24-2)6-7-18(17)22/h3-7,12-13,22H,8-11H2,1-2H3. The second kappa shape index (κ2) is 6.83. The molecule has 24 heavy (non-hydrogen) atoms. The molecule has 1 aliphatic rings. The number of phenolic OH excluding ortho intramolecular Hbond substituents is 1. The van der Waals surface area contributed by atoms with Crippen molar-refractivity contribution in [2.75, 3.05) is 38.2 Å². The lowest BCUT2D eigenvalue weighted by atomic mass is 10.1. The predicted octanol–water partition coefficient (Wildman–Crippen LogP) is 2.67. The van der Waals surface area contributed by atoms with Crippen LogP contribution in [-0.4, -0.2) is 49.2 Å². The highest BCUT2D eigenvalue weighted by molar-refractivity contribution is 5.97. The van der Waals surface area contributed by atoms with Gasteiger partial charge in [-0.2, -0.15) is 0 Å². The number of anilines is 1. The van der Waals surface area contributed by atoms with Crippen LogP contribution in [0.3, 0.4) is 0 Å². The minimum absolute atomic E-state index is 0.0121. The summed E-state index contributed by atoms with van der Waals surface area (Å²) in [6.45, 7) is 4.89. The van der Waals surface area contributed by atoms with E-state index in [2.05, 4.69) is 36.1 Å². The molecule has 0 aliphatic carbocycles. The molecule has 0 spiro atoms. The summed E-state index contributed by atoms with van der Waals surface area (Å²) in [5, 5.41) is 9.98. The average Bonchev–Trinajstić information content (AvgIpc) is 2.62. The normalized spacial score (nSPS) is 14.6. The van der Waals surface area contributed by atoms with Crippen molar-refractivity contribution in [2.24, 2.45) is 0 Å². The number of rotatable bonds is 3. The van der Waals surface area contributed by atoms with Gasteiger partial charge >= 0.3 is 0 Å². The third kappa shape index (κ3) is 3.30. The van der Waals surface area contributed by atoms with E-state index < -0.39 is 0 Å². The zero-order chi connectivity index (χ0) is 17.1. The van der Waals surface area contributed by atoms with Crippen LogP contribution in [0.5, 0.6) is 11.5 Å². The summed E-state index contributed by atoms with van der Waals surface area (Å²) in [6, 6.07) is 13.1. The molecule has 1 N–H and O–H groups in total. The van der Waals surface area contributed by atoms with Gasteiger partial charge in [0.25, 0.3) is 5.91 Å².